The molecule has 0 radical (unpaired) electrons. The van der Waals surface area contributed by atoms with Crippen molar-refractivity contribution in [3.8, 4) is 0 Å². The maximum Gasteiger partial charge on any atom is 0.293 e. The minimum atomic E-state index is -3.90. The van der Waals surface area contributed by atoms with Gasteiger partial charge in [0.15, 0.2) is 5.84 Å². The number of thiophene rings is 1. The second-order valence-electron chi connectivity index (χ2n) is 4.96. The molecule has 0 amide bonds. The molecule has 0 atom stereocenters. The third-order valence-corrected chi connectivity index (χ3v) is 6.18. The first kappa shape index (κ1) is 17.6. The van der Waals surface area contributed by atoms with E-state index in [1.807, 2.05) is 0 Å². The molecular weight excluding hydrogens is 383 g/mol. The fourth-order valence-electron chi connectivity index (χ4n) is 2.04. The van der Waals surface area contributed by atoms with Crippen LogP contribution in [0.1, 0.15) is 5.56 Å². The van der Waals surface area contributed by atoms with Gasteiger partial charge in [0.2, 0.25) is 0 Å². The topological polar surface area (TPSA) is 58.5 Å². The molecule has 0 unspecified atom stereocenters. The van der Waals surface area contributed by atoms with E-state index in [-0.39, 0.29) is 10.0 Å². The van der Waals surface area contributed by atoms with Crippen molar-refractivity contribution in [2.45, 2.75) is 4.21 Å². The Hall–Kier alpha value is -2.22. The molecule has 25 heavy (non-hydrogen) atoms. The summed E-state index contributed by atoms with van der Waals surface area (Å²) in [4.78, 5) is 0. The average molecular weight is 395 g/mol. The van der Waals surface area contributed by atoms with Crippen LogP contribution in [0.5, 0.6) is 0 Å². The Labute approximate surface area is 153 Å². The van der Waals surface area contributed by atoms with Gasteiger partial charge in [-0.15, -0.1) is 15.7 Å². The molecule has 8 heteroatoms. The fraction of sp³-hybridized carbons (Fsp3) is 0. The summed E-state index contributed by atoms with van der Waals surface area (Å²) in [7, 11) is -3.90. The molecule has 2 aromatic carbocycles. The van der Waals surface area contributed by atoms with E-state index in [0.29, 0.717) is 16.3 Å². The summed E-state index contributed by atoms with van der Waals surface area (Å²) >= 11 is 7.27. The molecule has 0 aliphatic carbocycles. The van der Waals surface area contributed by atoms with Crippen LogP contribution in [0.25, 0.3) is 0 Å². The number of nitrogens with one attached hydrogen (secondary N) is 1. The Morgan fingerprint density at radius 2 is 1.76 bits per heavy atom. The van der Waals surface area contributed by atoms with E-state index in [1.165, 1.54) is 30.3 Å². The Morgan fingerprint density at radius 3 is 2.40 bits per heavy atom. The van der Waals surface area contributed by atoms with Crippen LogP contribution in [-0.2, 0) is 10.0 Å². The Balaban J connectivity index is 2.07. The van der Waals surface area contributed by atoms with Crippen LogP contribution in [0.3, 0.4) is 0 Å². The number of sulfonamides is 1. The van der Waals surface area contributed by atoms with Gasteiger partial charge in [-0.3, -0.25) is 0 Å². The van der Waals surface area contributed by atoms with Crippen molar-refractivity contribution in [3.05, 3.63) is 82.4 Å². The van der Waals surface area contributed by atoms with Crippen LogP contribution in [0.15, 0.2) is 74.7 Å². The molecule has 128 valence electrons. The summed E-state index contributed by atoms with van der Waals surface area (Å²) in [6.45, 7) is 0. The van der Waals surface area contributed by atoms with Gasteiger partial charge >= 0.3 is 0 Å². The van der Waals surface area contributed by atoms with Gasteiger partial charge in [0, 0.05) is 11.3 Å². The lowest BCUT2D eigenvalue weighted by Gasteiger charge is -2.11. The summed E-state index contributed by atoms with van der Waals surface area (Å²) in [6, 6.07) is 15.4. The number of amidine groups is 1. The summed E-state index contributed by atoms with van der Waals surface area (Å²) in [5, 5.41) is 4.91. The minimum Gasteiger partial charge on any atom is -0.339 e. The normalized spacial score (nSPS) is 12.2. The molecule has 3 aromatic rings. The molecule has 4 nitrogen and oxygen atoms in total. The maximum atomic E-state index is 13.1. The molecule has 1 heterocycles. The predicted octanol–water partition coefficient (Wildman–Crippen LogP) is 4.79. The highest BCUT2D eigenvalue weighted by Gasteiger charge is 2.18. The molecular formula is C17H12ClFN2O2S2. The summed E-state index contributed by atoms with van der Waals surface area (Å²) in [5.74, 6) is -0.335. The SMILES string of the molecule is O=S(=O)(N=C(Nc1ccc(F)cc1)c1ccccc1Cl)c1cccs1. The highest BCUT2D eigenvalue weighted by atomic mass is 35.5. The molecule has 0 fully saturated rings. The zero-order valence-corrected chi connectivity index (χ0v) is 15.1. The third kappa shape index (κ3) is 4.25. The Bertz CT molecular complexity index is 1000. The number of nitrogens with zero attached hydrogens (tertiary/aromatic N) is 1. The first-order valence-corrected chi connectivity index (χ1v) is 9.81. The molecule has 0 bridgehead atoms. The van der Waals surface area contributed by atoms with Gasteiger partial charge in [0.25, 0.3) is 10.0 Å². The Morgan fingerprint density at radius 1 is 1.04 bits per heavy atom. The van der Waals surface area contributed by atoms with Gasteiger partial charge in [-0.1, -0.05) is 29.8 Å². The molecule has 3 rings (SSSR count). The quantitative estimate of drug-likeness (QED) is 0.511. The van der Waals surface area contributed by atoms with Crippen molar-refractivity contribution in [2.75, 3.05) is 5.32 Å². The van der Waals surface area contributed by atoms with Crippen molar-refractivity contribution < 1.29 is 12.8 Å². The van der Waals surface area contributed by atoms with Crippen LogP contribution >= 0.6 is 22.9 Å². The van der Waals surface area contributed by atoms with Crippen molar-refractivity contribution in [2.24, 2.45) is 4.40 Å². The second-order valence-corrected chi connectivity index (χ2v) is 8.14. The standard InChI is InChI=1S/C17H12ClFN2O2S2/c18-15-5-2-1-4-14(15)17(20-13-9-7-12(19)8-10-13)21-25(22,23)16-6-3-11-24-16/h1-11H,(H,20,21). The van der Waals surface area contributed by atoms with E-state index < -0.39 is 15.8 Å². The van der Waals surface area contributed by atoms with Crippen molar-refractivity contribution >= 4 is 44.5 Å². The molecule has 0 spiro atoms. The van der Waals surface area contributed by atoms with Crippen LogP contribution in [0.2, 0.25) is 5.02 Å². The first-order valence-electron chi connectivity index (χ1n) is 7.12. The molecule has 0 saturated carbocycles. The van der Waals surface area contributed by atoms with E-state index in [9.17, 15) is 12.8 Å². The van der Waals surface area contributed by atoms with Crippen LogP contribution < -0.4 is 5.32 Å². The van der Waals surface area contributed by atoms with Gasteiger partial charge in [-0.25, -0.2) is 4.39 Å². The zero-order valence-electron chi connectivity index (χ0n) is 12.7. The minimum absolute atomic E-state index is 0.0607. The van der Waals surface area contributed by atoms with Crippen LogP contribution in [0, 0.1) is 5.82 Å². The molecule has 0 aliphatic rings. The van der Waals surface area contributed by atoms with E-state index >= 15 is 0 Å². The highest BCUT2D eigenvalue weighted by molar-refractivity contribution is 7.92. The van der Waals surface area contributed by atoms with Crippen molar-refractivity contribution in [1.29, 1.82) is 0 Å². The van der Waals surface area contributed by atoms with Crippen molar-refractivity contribution in [3.63, 3.8) is 0 Å². The summed E-state index contributed by atoms with van der Waals surface area (Å²) in [6.07, 6.45) is 0. The number of anilines is 1. The molecule has 0 saturated heterocycles. The van der Waals surface area contributed by atoms with Gasteiger partial charge in [-0.05, 0) is 47.8 Å². The second kappa shape index (κ2) is 7.35. The zero-order chi connectivity index (χ0) is 17.9. The number of hydrogen-bond donors (Lipinski definition) is 1. The monoisotopic (exact) mass is 394 g/mol. The van der Waals surface area contributed by atoms with Gasteiger partial charge < -0.3 is 5.32 Å². The van der Waals surface area contributed by atoms with Crippen LogP contribution in [-0.4, -0.2) is 14.3 Å². The first-order chi connectivity index (χ1) is 12.0. The largest absolute Gasteiger partial charge is 0.339 e. The predicted molar refractivity (Wildman–Crippen MR) is 99.5 cm³/mol. The van der Waals surface area contributed by atoms with Gasteiger partial charge in [0.1, 0.15) is 10.0 Å². The van der Waals surface area contributed by atoms with E-state index in [4.69, 9.17) is 11.6 Å². The van der Waals surface area contributed by atoms with E-state index in [2.05, 4.69) is 9.71 Å². The number of benzene rings is 2. The van der Waals surface area contributed by atoms with E-state index in [1.54, 1.807) is 35.7 Å². The maximum absolute atomic E-state index is 13.1. The lowest BCUT2D eigenvalue weighted by Crippen LogP contribution is -2.16. The lowest BCUT2D eigenvalue weighted by atomic mass is 10.2. The number of halogens is 2. The highest BCUT2D eigenvalue weighted by Crippen LogP contribution is 2.23. The lowest BCUT2D eigenvalue weighted by molar-refractivity contribution is 0.600. The van der Waals surface area contributed by atoms with Crippen molar-refractivity contribution in [1.82, 2.24) is 0 Å². The molecule has 1 N–H and O–H groups in total. The van der Waals surface area contributed by atoms with E-state index in [0.717, 1.165) is 11.3 Å². The molecule has 1 aromatic heterocycles. The summed E-state index contributed by atoms with van der Waals surface area (Å²) in [5.41, 5.74) is 0.912. The average Bonchev–Trinajstić information content (AvgIpc) is 3.12. The van der Waals surface area contributed by atoms with Crippen LogP contribution in [0.4, 0.5) is 10.1 Å². The third-order valence-electron chi connectivity index (χ3n) is 3.20. The smallest absolute Gasteiger partial charge is 0.293 e. The summed E-state index contributed by atoms with van der Waals surface area (Å²) < 4.78 is 42.2. The number of rotatable bonds is 4. The van der Waals surface area contributed by atoms with Gasteiger partial charge in [-0.2, -0.15) is 8.42 Å². The number of hydrogen-bond acceptors (Lipinski definition) is 3. The Kier molecular flexibility index (Phi) is 5.17. The van der Waals surface area contributed by atoms with Gasteiger partial charge in [0.05, 0.1) is 5.02 Å². The fourth-order valence-corrected chi connectivity index (χ4v) is 4.20. The molecule has 0 aliphatic heterocycles.